The van der Waals surface area contributed by atoms with Gasteiger partial charge in [0, 0.05) is 11.6 Å². The van der Waals surface area contributed by atoms with E-state index in [0.29, 0.717) is 28.4 Å². The quantitative estimate of drug-likeness (QED) is 0.382. The Labute approximate surface area is 178 Å². The summed E-state index contributed by atoms with van der Waals surface area (Å²) < 4.78 is 15.5. The van der Waals surface area contributed by atoms with Crippen molar-refractivity contribution in [2.45, 2.75) is 13.0 Å². The van der Waals surface area contributed by atoms with Gasteiger partial charge in [-0.25, -0.2) is 0 Å². The number of benzene rings is 2. The van der Waals surface area contributed by atoms with Crippen LogP contribution in [0.15, 0.2) is 64.7 Å². The van der Waals surface area contributed by atoms with Crippen LogP contribution in [0.3, 0.4) is 0 Å². The Hall–Kier alpha value is -4.07. The summed E-state index contributed by atoms with van der Waals surface area (Å²) in [6.07, 6.45) is 0. The first kappa shape index (κ1) is 20.2. The minimum Gasteiger partial charge on any atom is -0.507 e. The van der Waals surface area contributed by atoms with Gasteiger partial charge in [0.05, 0.1) is 25.8 Å². The molecule has 0 radical (unpaired) electrons. The molecule has 3 aromatic rings. The summed E-state index contributed by atoms with van der Waals surface area (Å²) in [5.74, 6) is -0.137. The molecule has 4 rings (SSSR count). The maximum Gasteiger partial charge on any atom is 0.301 e. The molecule has 1 atom stereocenters. The summed E-state index contributed by atoms with van der Waals surface area (Å²) in [5.41, 5.74) is 0.904. The second-order valence-corrected chi connectivity index (χ2v) is 6.97. The topological polar surface area (TPSA) is 102 Å². The lowest BCUT2D eigenvalue weighted by atomic mass is 9.95. The highest BCUT2D eigenvalue weighted by Crippen LogP contribution is 2.42. The number of hydrogen-bond acceptors (Lipinski definition) is 7. The van der Waals surface area contributed by atoms with E-state index in [9.17, 15) is 14.7 Å². The van der Waals surface area contributed by atoms with Gasteiger partial charge < -0.3 is 19.1 Å². The summed E-state index contributed by atoms with van der Waals surface area (Å²) in [4.78, 5) is 27.3. The first-order valence-electron chi connectivity index (χ1n) is 9.47. The van der Waals surface area contributed by atoms with Gasteiger partial charge in [0.2, 0.25) is 0 Å². The number of carbonyl (C=O) groups is 2. The largest absolute Gasteiger partial charge is 0.507 e. The second-order valence-electron chi connectivity index (χ2n) is 6.97. The number of amides is 1. The third-order valence-electron chi connectivity index (χ3n) is 5.08. The number of carbonyl (C=O) groups excluding carboxylic acids is 2. The molecule has 0 spiro atoms. The fourth-order valence-corrected chi connectivity index (χ4v) is 3.56. The lowest BCUT2D eigenvalue weighted by molar-refractivity contribution is -0.132. The van der Waals surface area contributed by atoms with Gasteiger partial charge in [-0.2, -0.15) is 0 Å². The van der Waals surface area contributed by atoms with Crippen LogP contribution < -0.4 is 14.4 Å². The summed E-state index contributed by atoms with van der Waals surface area (Å²) in [6, 6.07) is 14.2. The molecule has 1 amide bonds. The Bertz CT molecular complexity index is 1180. The Morgan fingerprint density at radius 3 is 2.35 bits per heavy atom. The van der Waals surface area contributed by atoms with E-state index in [0.717, 1.165) is 0 Å². The Kier molecular flexibility index (Phi) is 5.21. The van der Waals surface area contributed by atoms with Crippen LogP contribution in [0.25, 0.3) is 5.76 Å². The number of nitrogens with zero attached hydrogens (tertiary/aromatic N) is 2. The number of aromatic nitrogens is 1. The van der Waals surface area contributed by atoms with Crippen molar-refractivity contribution < 1.29 is 28.7 Å². The number of aliphatic hydroxyl groups is 1. The van der Waals surface area contributed by atoms with Crippen LogP contribution in [0, 0.1) is 6.92 Å². The minimum absolute atomic E-state index is 0.0518. The minimum atomic E-state index is -0.901. The van der Waals surface area contributed by atoms with Gasteiger partial charge in [0.15, 0.2) is 5.82 Å². The standard InChI is InChI=1S/C23H20N2O6/c1-13-11-18(24-31-13)25-20(14-7-9-16(29-2)10-8-14)19(22(27)23(25)28)21(26)15-5-4-6-17(12-15)30-3/h4-12,20,26H,1-3H3/t20-/m0/s1. The molecule has 0 unspecified atom stereocenters. The zero-order chi connectivity index (χ0) is 22.1. The van der Waals surface area contributed by atoms with Crippen molar-refractivity contribution in [3.05, 3.63) is 77.1 Å². The number of ether oxygens (including phenoxy) is 2. The molecule has 2 heterocycles. The molecule has 0 saturated carbocycles. The molecule has 1 N–H and O–H groups in total. The number of hydrogen-bond donors (Lipinski definition) is 1. The number of rotatable bonds is 5. The zero-order valence-corrected chi connectivity index (χ0v) is 17.2. The van der Waals surface area contributed by atoms with Gasteiger partial charge in [-0.3, -0.25) is 14.5 Å². The van der Waals surface area contributed by atoms with Crippen LogP contribution in [-0.4, -0.2) is 36.2 Å². The molecule has 158 valence electrons. The van der Waals surface area contributed by atoms with Crippen molar-refractivity contribution in [1.29, 1.82) is 0 Å². The fourth-order valence-electron chi connectivity index (χ4n) is 3.56. The van der Waals surface area contributed by atoms with Crippen LogP contribution >= 0.6 is 0 Å². The molecular formula is C23H20N2O6. The van der Waals surface area contributed by atoms with Gasteiger partial charge in [-0.05, 0) is 36.8 Å². The first-order chi connectivity index (χ1) is 14.9. The molecule has 0 aliphatic carbocycles. The highest BCUT2D eigenvalue weighted by atomic mass is 16.5. The van der Waals surface area contributed by atoms with Crippen LogP contribution in [0.2, 0.25) is 0 Å². The SMILES string of the molecule is COc1ccc([C@H]2C(=C(O)c3cccc(OC)c3)C(=O)C(=O)N2c2cc(C)on2)cc1. The van der Waals surface area contributed by atoms with E-state index in [1.54, 1.807) is 68.6 Å². The van der Waals surface area contributed by atoms with Crippen molar-refractivity contribution in [2.24, 2.45) is 0 Å². The number of aryl methyl sites for hydroxylation is 1. The molecular weight excluding hydrogens is 400 g/mol. The number of ketones is 1. The van der Waals surface area contributed by atoms with Crippen molar-refractivity contribution in [1.82, 2.24) is 5.16 Å². The summed E-state index contributed by atoms with van der Waals surface area (Å²) in [7, 11) is 3.05. The lowest BCUT2D eigenvalue weighted by Crippen LogP contribution is -2.29. The van der Waals surface area contributed by atoms with E-state index in [1.165, 1.54) is 12.0 Å². The third kappa shape index (κ3) is 3.52. The van der Waals surface area contributed by atoms with Crippen LogP contribution in [0.1, 0.15) is 22.9 Å². The van der Waals surface area contributed by atoms with E-state index in [1.807, 2.05) is 0 Å². The fraction of sp³-hybridized carbons (Fsp3) is 0.174. The maximum absolute atomic E-state index is 13.0. The molecule has 8 heteroatoms. The predicted octanol–water partition coefficient (Wildman–Crippen LogP) is 3.63. The lowest BCUT2D eigenvalue weighted by Gasteiger charge is -2.23. The van der Waals surface area contributed by atoms with Gasteiger partial charge in [-0.15, -0.1) is 0 Å². The Morgan fingerprint density at radius 2 is 1.74 bits per heavy atom. The maximum atomic E-state index is 13.0. The number of Topliss-reactive ketones (excluding diaryl/α,β-unsaturated/α-hetero) is 1. The van der Waals surface area contributed by atoms with E-state index in [-0.39, 0.29) is 17.2 Å². The number of methoxy groups -OCH3 is 2. The van der Waals surface area contributed by atoms with Crippen LogP contribution in [0.4, 0.5) is 5.82 Å². The Balaban J connectivity index is 1.92. The number of aliphatic hydroxyl groups excluding tert-OH is 1. The number of anilines is 1. The van der Waals surface area contributed by atoms with Gasteiger partial charge in [0.1, 0.15) is 23.0 Å². The highest BCUT2D eigenvalue weighted by Gasteiger charge is 2.48. The predicted molar refractivity (Wildman–Crippen MR) is 112 cm³/mol. The van der Waals surface area contributed by atoms with E-state index in [4.69, 9.17) is 14.0 Å². The normalized spacial score (nSPS) is 17.8. The van der Waals surface area contributed by atoms with E-state index >= 15 is 0 Å². The average molecular weight is 420 g/mol. The molecule has 1 aliphatic rings. The molecule has 8 nitrogen and oxygen atoms in total. The molecule has 1 aliphatic heterocycles. The van der Waals surface area contributed by atoms with Crippen molar-refractivity contribution in [2.75, 3.05) is 19.1 Å². The monoisotopic (exact) mass is 420 g/mol. The third-order valence-corrected chi connectivity index (χ3v) is 5.08. The summed E-state index contributed by atoms with van der Waals surface area (Å²) >= 11 is 0. The van der Waals surface area contributed by atoms with Gasteiger partial charge >= 0.3 is 5.91 Å². The smallest absolute Gasteiger partial charge is 0.301 e. The second kappa shape index (κ2) is 7.98. The summed E-state index contributed by atoms with van der Waals surface area (Å²) in [6.45, 7) is 1.69. The molecule has 31 heavy (non-hydrogen) atoms. The molecule has 1 fully saturated rings. The van der Waals surface area contributed by atoms with E-state index < -0.39 is 17.7 Å². The zero-order valence-electron chi connectivity index (χ0n) is 17.2. The van der Waals surface area contributed by atoms with Crippen LogP contribution in [0.5, 0.6) is 11.5 Å². The van der Waals surface area contributed by atoms with Gasteiger partial charge in [-0.1, -0.05) is 29.4 Å². The molecule has 1 saturated heterocycles. The Morgan fingerprint density at radius 1 is 1.03 bits per heavy atom. The highest BCUT2D eigenvalue weighted by molar-refractivity contribution is 6.51. The van der Waals surface area contributed by atoms with Crippen LogP contribution in [-0.2, 0) is 9.59 Å². The average Bonchev–Trinajstić information content (AvgIpc) is 3.34. The van der Waals surface area contributed by atoms with Gasteiger partial charge in [0.25, 0.3) is 5.78 Å². The summed E-state index contributed by atoms with van der Waals surface area (Å²) in [5, 5.41) is 15.0. The molecule has 1 aromatic heterocycles. The van der Waals surface area contributed by atoms with Crippen molar-refractivity contribution in [3.8, 4) is 11.5 Å². The molecule has 0 bridgehead atoms. The van der Waals surface area contributed by atoms with Crippen molar-refractivity contribution >= 4 is 23.3 Å². The van der Waals surface area contributed by atoms with E-state index in [2.05, 4.69) is 5.16 Å². The molecule has 2 aromatic carbocycles. The van der Waals surface area contributed by atoms with Crippen molar-refractivity contribution in [3.63, 3.8) is 0 Å². The first-order valence-corrected chi connectivity index (χ1v) is 9.47.